The average Bonchev–Trinajstić information content (AvgIpc) is 3.28. The van der Waals surface area contributed by atoms with Gasteiger partial charge in [0.2, 0.25) is 5.69 Å². The number of benzene rings is 3. The Kier molecular flexibility index (Phi) is 3.10. The topological polar surface area (TPSA) is 40.8 Å². The van der Waals surface area contributed by atoms with Gasteiger partial charge in [0, 0.05) is 33.4 Å². The number of furan rings is 1. The van der Waals surface area contributed by atoms with Gasteiger partial charge in [-0.05, 0) is 48.5 Å². The molecule has 0 radical (unpaired) electrons. The first-order chi connectivity index (χ1) is 19.5. The van der Waals surface area contributed by atoms with Crippen LogP contribution in [0.25, 0.3) is 44.3 Å². The van der Waals surface area contributed by atoms with Crippen LogP contribution in [0.4, 0.5) is 0 Å². The van der Waals surface area contributed by atoms with Gasteiger partial charge in [-0.2, -0.15) is 5.26 Å². The molecule has 2 aromatic heterocycles. The maximum atomic E-state index is 9.98. The fraction of sp³-hybridized carbons (Fsp3) is 0.200. The van der Waals surface area contributed by atoms with E-state index in [-0.39, 0.29) is 27.8 Å². The Morgan fingerprint density at radius 1 is 1.03 bits per heavy atom. The molecule has 2 heterocycles. The first-order valence-electron chi connectivity index (χ1n) is 15.0. The van der Waals surface area contributed by atoms with Crippen molar-refractivity contribution >= 4 is 21.9 Å². The lowest BCUT2D eigenvalue weighted by Gasteiger charge is -2.11. The minimum atomic E-state index is -2.48. The number of fused-ring (bicyclic) bond motifs is 3. The number of nitrogens with zero attached hydrogens (tertiary/aromatic N) is 2. The van der Waals surface area contributed by atoms with Crippen LogP contribution in [0, 0.1) is 25.1 Å². The molecular formula is C30H27N2O+. The minimum Gasteiger partial charge on any atom is -0.454 e. The third kappa shape index (κ3) is 3.31. The number of aryl methyl sites for hydroxylation is 3. The summed E-state index contributed by atoms with van der Waals surface area (Å²) in [7, 11) is 1.76. The zero-order valence-electron chi connectivity index (χ0n) is 27.8. The minimum absolute atomic E-state index is 0.0506. The zero-order valence-corrected chi connectivity index (χ0v) is 18.8. The van der Waals surface area contributed by atoms with E-state index >= 15 is 0 Å². The van der Waals surface area contributed by atoms with Gasteiger partial charge in [0.05, 0.1) is 24.0 Å². The molecule has 0 aliphatic rings. The predicted molar refractivity (Wildman–Crippen MR) is 134 cm³/mol. The molecule has 0 atom stereocenters. The van der Waals surface area contributed by atoms with Gasteiger partial charge in [-0.25, -0.2) is 4.57 Å². The maximum Gasteiger partial charge on any atom is 0.216 e. The van der Waals surface area contributed by atoms with Crippen molar-refractivity contribution in [2.75, 3.05) is 0 Å². The quantitative estimate of drug-likeness (QED) is 0.275. The molecule has 0 unspecified atom stereocenters. The second-order valence-corrected chi connectivity index (χ2v) is 8.31. The Bertz CT molecular complexity index is 1970. The van der Waals surface area contributed by atoms with Gasteiger partial charge in [0.25, 0.3) is 0 Å². The van der Waals surface area contributed by atoms with Crippen molar-refractivity contribution in [3.8, 4) is 28.5 Å². The van der Waals surface area contributed by atoms with Gasteiger partial charge in [-0.15, -0.1) is 0 Å². The van der Waals surface area contributed by atoms with E-state index in [0.717, 1.165) is 5.56 Å². The lowest BCUT2D eigenvalue weighted by molar-refractivity contribution is -0.660. The summed E-state index contributed by atoms with van der Waals surface area (Å²) in [6.07, 6.45) is 1.65. The molecular weight excluding hydrogens is 404 g/mol. The van der Waals surface area contributed by atoms with E-state index in [4.69, 9.17) is 16.8 Å². The van der Waals surface area contributed by atoms with E-state index < -0.39 is 43.0 Å². The molecule has 0 amide bonds. The summed E-state index contributed by atoms with van der Waals surface area (Å²) >= 11 is 0. The predicted octanol–water partition coefficient (Wildman–Crippen LogP) is 7.36. The Balaban J connectivity index is 1.94. The number of pyridine rings is 1. The smallest absolute Gasteiger partial charge is 0.216 e. The first-order valence-corrected chi connectivity index (χ1v) is 10.5. The van der Waals surface area contributed by atoms with Gasteiger partial charge in [0.15, 0.2) is 6.20 Å². The van der Waals surface area contributed by atoms with Crippen LogP contribution in [0.15, 0.2) is 71.2 Å². The van der Waals surface area contributed by atoms with Gasteiger partial charge < -0.3 is 4.42 Å². The molecule has 0 aliphatic carbocycles. The molecule has 0 bridgehead atoms. The van der Waals surface area contributed by atoms with Crippen molar-refractivity contribution in [1.29, 1.82) is 5.26 Å². The Morgan fingerprint density at radius 2 is 1.73 bits per heavy atom. The van der Waals surface area contributed by atoms with Crippen LogP contribution in [-0.2, 0) is 7.05 Å². The summed E-state index contributed by atoms with van der Waals surface area (Å²) in [5.74, 6) is -1.17. The normalized spacial score (nSPS) is 16.0. The number of nitriles is 1. The summed E-state index contributed by atoms with van der Waals surface area (Å²) in [5, 5.41) is 11.2. The molecule has 0 N–H and O–H groups in total. The Morgan fingerprint density at radius 3 is 2.39 bits per heavy atom. The highest BCUT2D eigenvalue weighted by Crippen LogP contribution is 2.42. The van der Waals surface area contributed by atoms with E-state index in [9.17, 15) is 5.26 Å². The second kappa shape index (κ2) is 7.90. The van der Waals surface area contributed by atoms with Crippen molar-refractivity contribution in [1.82, 2.24) is 0 Å². The summed E-state index contributed by atoms with van der Waals surface area (Å²) in [6.45, 7) is 2.64. The molecule has 3 aromatic carbocycles. The van der Waals surface area contributed by atoms with Crippen LogP contribution < -0.4 is 4.57 Å². The highest BCUT2D eigenvalue weighted by Gasteiger charge is 2.24. The van der Waals surface area contributed by atoms with E-state index in [1.807, 2.05) is 19.1 Å². The second-order valence-electron chi connectivity index (χ2n) is 8.31. The van der Waals surface area contributed by atoms with Crippen LogP contribution in [0.2, 0.25) is 0 Å². The summed E-state index contributed by atoms with van der Waals surface area (Å²) in [5.41, 5.74) is 2.91. The Labute approximate surface area is 207 Å². The van der Waals surface area contributed by atoms with E-state index in [2.05, 4.69) is 6.07 Å². The van der Waals surface area contributed by atoms with Crippen LogP contribution >= 0.6 is 0 Å². The Hall–Kier alpha value is -3.90. The molecule has 0 saturated heterocycles. The zero-order chi connectivity index (χ0) is 31.0. The van der Waals surface area contributed by atoms with Crippen molar-refractivity contribution in [2.45, 2.75) is 33.5 Å². The monoisotopic (exact) mass is 440 g/mol. The summed E-state index contributed by atoms with van der Waals surface area (Å²) < 4.78 is 82.8. The van der Waals surface area contributed by atoms with Crippen molar-refractivity contribution in [2.24, 2.45) is 7.05 Å². The van der Waals surface area contributed by atoms with E-state index in [0.29, 0.717) is 33.2 Å². The average molecular weight is 441 g/mol. The van der Waals surface area contributed by atoms with Crippen LogP contribution in [-0.4, -0.2) is 0 Å². The number of hydrogen-bond donors (Lipinski definition) is 0. The largest absolute Gasteiger partial charge is 0.454 e. The maximum absolute atomic E-state index is 9.98. The van der Waals surface area contributed by atoms with Crippen LogP contribution in [0.3, 0.4) is 0 Å². The molecule has 0 spiro atoms. The molecule has 0 fully saturated rings. The molecule has 3 heteroatoms. The van der Waals surface area contributed by atoms with Crippen molar-refractivity contribution < 1.29 is 21.3 Å². The molecule has 5 rings (SSSR count). The van der Waals surface area contributed by atoms with Gasteiger partial charge >= 0.3 is 0 Å². The summed E-state index contributed by atoms with van der Waals surface area (Å²) in [6, 6.07) is 8.05. The van der Waals surface area contributed by atoms with E-state index in [1.165, 1.54) is 6.07 Å². The number of hydrogen-bond acceptors (Lipinski definition) is 2. The molecule has 3 nitrogen and oxygen atoms in total. The fourth-order valence-corrected chi connectivity index (χ4v) is 4.33. The van der Waals surface area contributed by atoms with Gasteiger partial charge in [0.1, 0.15) is 18.2 Å². The first kappa shape index (κ1) is 13.0. The molecule has 5 aromatic rings. The lowest BCUT2D eigenvalue weighted by Crippen LogP contribution is -2.32. The lowest BCUT2D eigenvalue weighted by atomic mass is 9.95. The molecule has 0 saturated carbocycles. The van der Waals surface area contributed by atoms with Crippen molar-refractivity contribution in [3.63, 3.8) is 0 Å². The van der Waals surface area contributed by atoms with E-state index in [1.54, 1.807) is 43.8 Å². The summed E-state index contributed by atoms with van der Waals surface area (Å²) in [4.78, 5) is 0. The SMILES string of the molecule is [2H]c1c([2H])c([2H])c(-c2c(C#N)ccc3c2oc2c(-c4cc(C([2H])([2H])[2H])c(C([2H])(C)C)c[n+]4C)c(C)ccc23)c([2H])c1[2H]. The van der Waals surface area contributed by atoms with Gasteiger partial charge in [-0.3, -0.25) is 0 Å². The molecule has 162 valence electrons. The van der Waals surface area contributed by atoms with Crippen LogP contribution in [0.1, 0.15) is 54.3 Å². The third-order valence-corrected chi connectivity index (χ3v) is 5.96. The third-order valence-electron chi connectivity index (χ3n) is 5.96. The van der Waals surface area contributed by atoms with Crippen LogP contribution in [0.5, 0.6) is 0 Å². The number of aromatic nitrogens is 1. The molecule has 33 heavy (non-hydrogen) atoms. The molecule has 0 aliphatic heterocycles. The standard InChI is InChI=1S/C30H27N2O/c1-18(2)25-17-32(5)26(15-20(25)4)27-19(3)11-13-23-24-14-12-22(16-31)28(30(24)33-29(23)27)21-9-7-6-8-10-21/h6-15,17-18H,1-5H3/q+1/i4D3,6D,7D,8D,9D,10D,18D. The number of rotatable bonds is 3. The van der Waals surface area contributed by atoms with Gasteiger partial charge in [-0.1, -0.05) is 56.2 Å². The fourth-order valence-electron chi connectivity index (χ4n) is 4.33. The van der Waals surface area contributed by atoms with Crippen molar-refractivity contribution in [3.05, 3.63) is 89.0 Å². The highest BCUT2D eigenvalue weighted by molar-refractivity contribution is 6.14. The highest BCUT2D eigenvalue weighted by atomic mass is 16.3.